The van der Waals surface area contributed by atoms with Crippen molar-refractivity contribution in [1.29, 1.82) is 0 Å². The molecule has 2 N–H and O–H groups in total. The van der Waals surface area contributed by atoms with Gasteiger partial charge in [0.25, 0.3) is 0 Å². The van der Waals surface area contributed by atoms with Crippen LogP contribution in [0.4, 0.5) is 0 Å². The van der Waals surface area contributed by atoms with Gasteiger partial charge in [-0.15, -0.1) is 0 Å². The van der Waals surface area contributed by atoms with E-state index in [1.165, 1.54) is 63.6 Å². The van der Waals surface area contributed by atoms with Gasteiger partial charge in [0.05, 0.1) is 0 Å². The van der Waals surface area contributed by atoms with Crippen LogP contribution in [-0.2, 0) is 0 Å². The van der Waals surface area contributed by atoms with Gasteiger partial charge in [-0.05, 0) is 50.5 Å². The molecule has 21 heavy (non-hydrogen) atoms. The zero-order valence-corrected chi connectivity index (χ0v) is 14.9. The smallest absolute Gasteiger partial charge is 0.0259 e. The van der Waals surface area contributed by atoms with Crippen molar-refractivity contribution in [2.75, 3.05) is 6.54 Å². The molecule has 0 bridgehead atoms. The lowest BCUT2D eigenvalue weighted by Crippen LogP contribution is -2.40. The predicted octanol–water partition coefficient (Wildman–Crippen LogP) is 4.86. The summed E-state index contributed by atoms with van der Waals surface area (Å²) in [6.07, 6.45) is 10.7. The topological polar surface area (TPSA) is 24.1 Å². The Bertz CT molecular complexity index is 275. The van der Waals surface area contributed by atoms with Gasteiger partial charge in [-0.25, -0.2) is 0 Å². The van der Waals surface area contributed by atoms with E-state index in [0.717, 1.165) is 12.0 Å². The fourth-order valence-electron chi connectivity index (χ4n) is 3.03. The van der Waals surface area contributed by atoms with Gasteiger partial charge in [-0.1, -0.05) is 53.5 Å². The summed E-state index contributed by atoms with van der Waals surface area (Å²) < 4.78 is 0. The summed E-state index contributed by atoms with van der Waals surface area (Å²) in [5.74, 6) is 1.41. The maximum Gasteiger partial charge on any atom is 0.0259 e. The second kappa shape index (κ2) is 10.3. The molecular formula is C19H38N2. The van der Waals surface area contributed by atoms with E-state index in [-0.39, 0.29) is 0 Å². The normalized spacial score (nSPS) is 22.8. The van der Waals surface area contributed by atoms with Crippen molar-refractivity contribution in [3.05, 3.63) is 12.3 Å². The van der Waals surface area contributed by atoms with Crippen LogP contribution in [0.5, 0.6) is 0 Å². The number of hydrogen-bond acceptors (Lipinski definition) is 2. The zero-order valence-electron chi connectivity index (χ0n) is 14.9. The first-order valence-electron chi connectivity index (χ1n) is 9.17. The van der Waals surface area contributed by atoms with Gasteiger partial charge < -0.3 is 10.6 Å². The van der Waals surface area contributed by atoms with Gasteiger partial charge in [-0.2, -0.15) is 0 Å². The molecular weight excluding hydrogens is 256 g/mol. The monoisotopic (exact) mass is 294 g/mol. The molecule has 1 aliphatic rings. The average Bonchev–Trinajstić information content (AvgIpc) is 2.44. The molecule has 0 amide bonds. The number of hydrogen-bond donors (Lipinski definition) is 2. The van der Waals surface area contributed by atoms with Gasteiger partial charge in [0.15, 0.2) is 0 Å². The third-order valence-electron chi connectivity index (χ3n) is 4.70. The standard InChI is InChI=1S/C19H38N2/c1-15(2)9-7-6-8-14-20-18-10-12-19(13-11-18)21-17(5)16(3)4/h15-16,18-21H,5-14H2,1-4H3. The van der Waals surface area contributed by atoms with Crippen LogP contribution in [0.3, 0.4) is 0 Å². The van der Waals surface area contributed by atoms with E-state index in [4.69, 9.17) is 0 Å². The molecule has 0 radical (unpaired) electrons. The zero-order chi connectivity index (χ0) is 15.7. The SMILES string of the molecule is C=C(NC1CCC(NCCCCCC(C)C)CC1)C(C)C. The Morgan fingerprint density at radius 1 is 0.952 bits per heavy atom. The van der Waals surface area contributed by atoms with E-state index >= 15 is 0 Å². The lowest BCUT2D eigenvalue weighted by molar-refractivity contribution is 0.313. The van der Waals surface area contributed by atoms with E-state index < -0.39 is 0 Å². The lowest BCUT2D eigenvalue weighted by atomic mass is 9.90. The highest BCUT2D eigenvalue weighted by Crippen LogP contribution is 2.20. The van der Waals surface area contributed by atoms with E-state index in [0.29, 0.717) is 12.0 Å². The first-order chi connectivity index (χ1) is 9.99. The molecule has 0 heterocycles. The molecule has 2 heteroatoms. The van der Waals surface area contributed by atoms with Crippen LogP contribution in [0.1, 0.15) is 79.1 Å². The third kappa shape index (κ3) is 8.50. The number of unbranched alkanes of at least 4 members (excludes halogenated alkanes) is 2. The Morgan fingerprint density at radius 2 is 1.57 bits per heavy atom. The Hall–Kier alpha value is -0.500. The molecule has 2 nitrogen and oxygen atoms in total. The van der Waals surface area contributed by atoms with Crippen molar-refractivity contribution >= 4 is 0 Å². The average molecular weight is 295 g/mol. The Balaban J connectivity index is 2.02. The lowest BCUT2D eigenvalue weighted by Gasteiger charge is -2.31. The maximum atomic E-state index is 4.13. The Labute approximate surface area is 133 Å². The predicted molar refractivity (Wildman–Crippen MR) is 94.5 cm³/mol. The summed E-state index contributed by atoms with van der Waals surface area (Å²) in [7, 11) is 0. The van der Waals surface area contributed by atoms with Crippen LogP contribution in [-0.4, -0.2) is 18.6 Å². The Morgan fingerprint density at radius 3 is 2.14 bits per heavy atom. The molecule has 0 aromatic carbocycles. The van der Waals surface area contributed by atoms with Crippen molar-refractivity contribution in [2.24, 2.45) is 11.8 Å². The van der Waals surface area contributed by atoms with Crippen molar-refractivity contribution in [2.45, 2.75) is 91.1 Å². The minimum Gasteiger partial charge on any atom is -0.386 e. The number of nitrogens with one attached hydrogen (secondary N) is 2. The number of rotatable bonds is 10. The summed E-state index contributed by atoms with van der Waals surface area (Å²) >= 11 is 0. The fourth-order valence-corrected chi connectivity index (χ4v) is 3.03. The summed E-state index contributed by atoms with van der Waals surface area (Å²) in [6.45, 7) is 14.4. The van der Waals surface area contributed by atoms with Crippen LogP contribution in [0.2, 0.25) is 0 Å². The quantitative estimate of drug-likeness (QED) is 0.562. The molecule has 0 unspecified atom stereocenters. The number of allylic oxidation sites excluding steroid dienone is 1. The highest BCUT2D eigenvalue weighted by molar-refractivity contribution is 4.98. The molecule has 1 rings (SSSR count). The minimum atomic E-state index is 0.548. The summed E-state index contributed by atoms with van der Waals surface area (Å²) in [5.41, 5.74) is 1.21. The van der Waals surface area contributed by atoms with E-state index in [9.17, 15) is 0 Å². The van der Waals surface area contributed by atoms with Crippen molar-refractivity contribution < 1.29 is 0 Å². The van der Waals surface area contributed by atoms with Crippen LogP contribution in [0.15, 0.2) is 12.3 Å². The van der Waals surface area contributed by atoms with Crippen LogP contribution >= 0.6 is 0 Å². The summed E-state index contributed by atoms with van der Waals surface area (Å²) in [5, 5.41) is 7.37. The molecule has 124 valence electrons. The highest BCUT2D eigenvalue weighted by Gasteiger charge is 2.21. The van der Waals surface area contributed by atoms with Crippen LogP contribution in [0.25, 0.3) is 0 Å². The van der Waals surface area contributed by atoms with Crippen molar-refractivity contribution in [3.8, 4) is 0 Å². The molecule has 0 saturated heterocycles. The second-order valence-corrected chi connectivity index (χ2v) is 7.57. The second-order valence-electron chi connectivity index (χ2n) is 7.57. The summed E-state index contributed by atoms with van der Waals surface area (Å²) in [4.78, 5) is 0. The van der Waals surface area contributed by atoms with Gasteiger partial charge >= 0.3 is 0 Å². The molecule has 1 saturated carbocycles. The molecule has 1 aliphatic carbocycles. The highest BCUT2D eigenvalue weighted by atomic mass is 15.0. The molecule has 0 spiro atoms. The van der Waals surface area contributed by atoms with Crippen LogP contribution in [0, 0.1) is 11.8 Å². The van der Waals surface area contributed by atoms with Crippen LogP contribution < -0.4 is 10.6 Å². The fraction of sp³-hybridized carbons (Fsp3) is 0.895. The largest absolute Gasteiger partial charge is 0.386 e. The molecule has 0 aliphatic heterocycles. The first-order valence-corrected chi connectivity index (χ1v) is 9.17. The Kier molecular flexibility index (Phi) is 9.07. The minimum absolute atomic E-state index is 0.548. The van der Waals surface area contributed by atoms with E-state index in [2.05, 4.69) is 44.9 Å². The maximum absolute atomic E-state index is 4.13. The van der Waals surface area contributed by atoms with Gasteiger partial charge in [-0.3, -0.25) is 0 Å². The van der Waals surface area contributed by atoms with Gasteiger partial charge in [0, 0.05) is 17.8 Å². The molecule has 0 aromatic heterocycles. The van der Waals surface area contributed by atoms with E-state index in [1.807, 2.05) is 0 Å². The van der Waals surface area contributed by atoms with Gasteiger partial charge in [0.2, 0.25) is 0 Å². The van der Waals surface area contributed by atoms with E-state index in [1.54, 1.807) is 0 Å². The van der Waals surface area contributed by atoms with Crippen molar-refractivity contribution in [1.82, 2.24) is 10.6 Å². The first kappa shape index (κ1) is 18.5. The van der Waals surface area contributed by atoms with Gasteiger partial charge in [0.1, 0.15) is 0 Å². The third-order valence-corrected chi connectivity index (χ3v) is 4.70. The molecule has 0 aromatic rings. The molecule has 1 fully saturated rings. The summed E-state index contributed by atoms with van der Waals surface area (Å²) in [6, 6.07) is 1.41. The van der Waals surface area contributed by atoms with Crippen molar-refractivity contribution in [3.63, 3.8) is 0 Å². The molecule has 0 atom stereocenters.